The number of nitrogens with two attached hydrogens (primary N) is 1. The Morgan fingerprint density at radius 2 is 1.27 bits per heavy atom. The average Bonchev–Trinajstić information content (AvgIpc) is 2.55. The van der Waals surface area contributed by atoms with Gasteiger partial charge in [-0.05, 0) is 19.3 Å². The first-order chi connectivity index (χ1) is 12.0. The van der Waals surface area contributed by atoms with Crippen LogP contribution < -0.4 is 21.7 Å². The van der Waals surface area contributed by atoms with Crippen LogP contribution in [0.4, 0.5) is 0 Å². The summed E-state index contributed by atoms with van der Waals surface area (Å²) in [5.74, 6) is -3.04. The van der Waals surface area contributed by atoms with Gasteiger partial charge in [0.05, 0.1) is 6.04 Å². The molecule has 9 nitrogen and oxygen atoms in total. The number of carboxylic acids is 1. The van der Waals surface area contributed by atoms with Crippen LogP contribution in [0.15, 0.2) is 0 Å². The zero-order chi connectivity index (χ0) is 20.4. The molecule has 0 aliphatic rings. The number of aliphatic carboxylic acids is 1. The quantitative estimate of drug-likeness (QED) is 0.213. The normalized spacial score (nSPS) is 15.5. The Balaban J connectivity index is 5.06. The van der Waals surface area contributed by atoms with Crippen molar-refractivity contribution >= 4 is 48.9 Å². The minimum absolute atomic E-state index is 0.0495. The minimum Gasteiger partial charge on any atom is -0.480 e. The molecule has 0 aromatic heterocycles. The van der Waals surface area contributed by atoms with Crippen molar-refractivity contribution in [1.29, 1.82) is 0 Å². The van der Waals surface area contributed by atoms with E-state index >= 15 is 0 Å². The first-order valence-electron chi connectivity index (χ1n) is 8.14. The lowest BCUT2D eigenvalue weighted by atomic mass is 10.0. The number of nitrogens with one attached hydrogen (secondary N) is 3. The topological polar surface area (TPSA) is 151 Å². The minimum atomic E-state index is -1.24. The third-order valence-corrected chi connectivity index (χ3v) is 4.10. The monoisotopic (exact) mass is 408 g/mol. The van der Waals surface area contributed by atoms with Crippen LogP contribution in [0.1, 0.15) is 27.2 Å². The highest BCUT2D eigenvalue weighted by Gasteiger charge is 2.29. The summed E-state index contributed by atoms with van der Waals surface area (Å²) in [6.45, 7) is 5.25. The van der Waals surface area contributed by atoms with E-state index in [1.807, 2.05) is 13.8 Å². The number of hydrogen-bond acceptors (Lipinski definition) is 7. The van der Waals surface area contributed by atoms with E-state index in [9.17, 15) is 19.2 Å². The molecule has 0 bridgehead atoms. The van der Waals surface area contributed by atoms with Gasteiger partial charge in [-0.15, -0.1) is 0 Å². The molecule has 11 heteroatoms. The summed E-state index contributed by atoms with van der Waals surface area (Å²) in [6, 6.07) is -3.90. The van der Waals surface area contributed by atoms with Crippen LogP contribution in [0, 0.1) is 5.92 Å². The smallest absolute Gasteiger partial charge is 0.327 e. The van der Waals surface area contributed by atoms with Gasteiger partial charge in [-0.3, -0.25) is 14.4 Å². The fourth-order valence-corrected chi connectivity index (χ4v) is 2.43. The fraction of sp³-hybridized carbons (Fsp3) is 0.733. The molecule has 0 radical (unpaired) electrons. The number of rotatable bonds is 11. The van der Waals surface area contributed by atoms with Crippen LogP contribution in [0.5, 0.6) is 0 Å². The number of carbonyl (C=O) groups is 4. The van der Waals surface area contributed by atoms with Gasteiger partial charge < -0.3 is 26.8 Å². The van der Waals surface area contributed by atoms with Crippen molar-refractivity contribution in [3.63, 3.8) is 0 Å². The van der Waals surface area contributed by atoms with Gasteiger partial charge in [0, 0.05) is 11.5 Å². The molecule has 6 N–H and O–H groups in total. The number of carboxylic acid groups (broad SMARTS) is 1. The van der Waals surface area contributed by atoms with E-state index < -0.39 is 47.9 Å². The molecule has 26 heavy (non-hydrogen) atoms. The van der Waals surface area contributed by atoms with Crippen LogP contribution in [0.3, 0.4) is 0 Å². The molecule has 0 aromatic carbocycles. The van der Waals surface area contributed by atoms with Crippen molar-refractivity contribution in [2.24, 2.45) is 11.7 Å². The molecule has 0 spiro atoms. The van der Waals surface area contributed by atoms with Crippen molar-refractivity contribution in [1.82, 2.24) is 16.0 Å². The predicted molar refractivity (Wildman–Crippen MR) is 104 cm³/mol. The summed E-state index contributed by atoms with van der Waals surface area (Å²) in [5.41, 5.74) is 5.51. The average molecular weight is 409 g/mol. The Kier molecular flexibility index (Phi) is 11.3. The fourth-order valence-electron chi connectivity index (χ4n) is 1.93. The van der Waals surface area contributed by atoms with Gasteiger partial charge in [0.2, 0.25) is 17.7 Å². The van der Waals surface area contributed by atoms with Gasteiger partial charge >= 0.3 is 5.97 Å². The van der Waals surface area contributed by atoms with Crippen molar-refractivity contribution in [3.8, 4) is 0 Å². The summed E-state index contributed by atoms with van der Waals surface area (Å²) in [4.78, 5) is 47.5. The molecule has 0 aliphatic carbocycles. The van der Waals surface area contributed by atoms with Crippen molar-refractivity contribution in [2.75, 3.05) is 11.5 Å². The van der Waals surface area contributed by atoms with Gasteiger partial charge in [0.15, 0.2) is 0 Å². The Labute approximate surface area is 164 Å². The molecule has 4 atom stereocenters. The Morgan fingerprint density at radius 1 is 0.846 bits per heavy atom. The Hall–Kier alpha value is -1.46. The molecule has 4 unspecified atom stereocenters. The highest BCUT2D eigenvalue weighted by molar-refractivity contribution is 7.80. The number of hydrogen-bond donors (Lipinski definition) is 7. The predicted octanol–water partition coefficient (Wildman–Crippen LogP) is -1.22. The molecule has 0 saturated carbocycles. The van der Waals surface area contributed by atoms with Crippen molar-refractivity contribution in [3.05, 3.63) is 0 Å². The third-order valence-electron chi connectivity index (χ3n) is 3.37. The lowest BCUT2D eigenvalue weighted by molar-refractivity contribution is -0.141. The number of carbonyl (C=O) groups excluding carboxylic acids is 3. The van der Waals surface area contributed by atoms with Crippen LogP contribution >= 0.6 is 25.3 Å². The summed E-state index contributed by atoms with van der Waals surface area (Å²) < 4.78 is 0. The molecule has 0 aromatic rings. The van der Waals surface area contributed by atoms with E-state index in [2.05, 4.69) is 41.2 Å². The maximum absolute atomic E-state index is 12.5. The third kappa shape index (κ3) is 8.77. The highest BCUT2D eigenvalue weighted by atomic mass is 32.1. The van der Waals surface area contributed by atoms with E-state index in [-0.39, 0.29) is 17.4 Å². The second-order valence-corrected chi connectivity index (χ2v) is 7.04. The highest BCUT2D eigenvalue weighted by Crippen LogP contribution is 2.06. The standard InChI is InChI=1S/C15H28N4O5S2/c1-7(2)4-9(17-12(20)8(3)16)13(21)18-10(5-25)14(22)19-11(6-26)15(23)24/h7-11,25-26H,4-6,16H2,1-3H3,(H,17,20)(H,18,21)(H,19,22)(H,23,24). The SMILES string of the molecule is CC(C)CC(NC(=O)C(C)N)C(=O)NC(CS)C(=O)NC(CS)C(=O)O. The Bertz CT molecular complexity index is 516. The van der Waals surface area contributed by atoms with E-state index in [1.54, 1.807) is 0 Å². The zero-order valence-electron chi connectivity index (χ0n) is 15.1. The van der Waals surface area contributed by atoms with Gasteiger partial charge in [-0.25, -0.2) is 4.79 Å². The maximum atomic E-state index is 12.5. The van der Waals surface area contributed by atoms with Crippen LogP contribution in [-0.4, -0.2) is 64.5 Å². The van der Waals surface area contributed by atoms with Gasteiger partial charge in [-0.2, -0.15) is 25.3 Å². The van der Waals surface area contributed by atoms with Crippen molar-refractivity contribution in [2.45, 2.75) is 51.4 Å². The first-order valence-corrected chi connectivity index (χ1v) is 9.41. The zero-order valence-corrected chi connectivity index (χ0v) is 16.8. The van der Waals surface area contributed by atoms with E-state index in [0.29, 0.717) is 6.42 Å². The van der Waals surface area contributed by atoms with E-state index in [1.165, 1.54) is 6.92 Å². The molecule has 0 heterocycles. The van der Waals surface area contributed by atoms with Gasteiger partial charge in [0.1, 0.15) is 18.1 Å². The molecule has 0 saturated heterocycles. The second-order valence-electron chi connectivity index (χ2n) is 6.31. The molecular weight excluding hydrogens is 380 g/mol. The van der Waals surface area contributed by atoms with Crippen LogP contribution in [-0.2, 0) is 19.2 Å². The summed E-state index contributed by atoms with van der Waals surface area (Å²) in [5, 5.41) is 16.3. The lowest BCUT2D eigenvalue weighted by Crippen LogP contribution is -2.57. The summed E-state index contributed by atoms with van der Waals surface area (Å²) >= 11 is 7.89. The largest absolute Gasteiger partial charge is 0.480 e. The lowest BCUT2D eigenvalue weighted by Gasteiger charge is -2.24. The molecular formula is C15H28N4O5S2. The molecule has 0 fully saturated rings. The molecule has 150 valence electrons. The number of thiol groups is 2. The second kappa shape index (κ2) is 12.0. The first kappa shape index (κ1) is 24.5. The summed E-state index contributed by atoms with van der Waals surface area (Å²) in [7, 11) is 0. The molecule has 0 aliphatic heterocycles. The summed E-state index contributed by atoms with van der Waals surface area (Å²) in [6.07, 6.45) is 0.347. The van der Waals surface area contributed by atoms with Gasteiger partial charge in [0.25, 0.3) is 0 Å². The van der Waals surface area contributed by atoms with E-state index in [0.717, 1.165) is 0 Å². The molecule has 3 amide bonds. The van der Waals surface area contributed by atoms with E-state index in [4.69, 9.17) is 10.8 Å². The number of amides is 3. The van der Waals surface area contributed by atoms with Gasteiger partial charge in [-0.1, -0.05) is 13.8 Å². The van der Waals surface area contributed by atoms with Crippen LogP contribution in [0.2, 0.25) is 0 Å². The maximum Gasteiger partial charge on any atom is 0.327 e. The Morgan fingerprint density at radius 3 is 1.65 bits per heavy atom. The molecule has 0 rings (SSSR count). The van der Waals surface area contributed by atoms with Crippen LogP contribution in [0.25, 0.3) is 0 Å². The van der Waals surface area contributed by atoms with Crippen molar-refractivity contribution < 1.29 is 24.3 Å².